The summed E-state index contributed by atoms with van der Waals surface area (Å²) in [6.07, 6.45) is 0.509. The van der Waals surface area contributed by atoms with Gasteiger partial charge in [-0.3, -0.25) is 4.79 Å². The van der Waals surface area contributed by atoms with Gasteiger partial charge in [0, 0.05) is 5.69 Å². The first-order valence-corrected chi connectivity index (χ1v) is 9.03. The normalized spacial score (nSPS) is 10.2. The van der Waals surface area contributed by atoms with Crippen LogP contribution in [0.5, 0.6) is 5.75 Å². The van der Waals surface area contributed by atoms with Crippen molar-refractivity contribution in [3.63, 3.8) is 0 Å². The number of nitrogens with zero attached hydrogens (tertiary/aromatic N) is 3. The van der Waals surface area contributed by atoms with Crippen molar-refractivity contribution in [2.75, 3.05) is 18.2 Å². The number of aromatic nitrogens is 2. The molecular formula is C19H16N4O3S. The molecule has 0 aliphatic carbocycles. The molecule has 0 bridgehead atoms. The van der Waals surface area contributed by atoms with Gasteiger partial charge in [0.05, 0.1) is 30.9 Å². The zero-order valence-electron chi connectivity index (χ0n) is 14.5. The summed E-state index contributed by atoms with van der Waals surface area (Å²) in [6, 6.07) is 16.3. The number of anilines is 1. The van der Waals surface area contributed by atoms with E-state index < -0.39 is 0 Å². The van der Waals surface area contributed by atoms with Crippen LogP contribution in [0.3, 0.4) is 0 Å². The van der Waals surface area contributed by atoms with Crippen molar-refractivity contribution in [3.05, 3.63) is 65.5 Å². The average molecular weight is 380 g/mol. The second-order valence-corrected chi connectivity index (χ2v) is 6.44. The Morgan fingerprint density at radius 3 is 2.59 bits per heavy atom. The molecule has 8 heteroatoms. The van der Waals surface area contributed by atoms with Gasteiger partial charge in [-0.15, -0.1) is 10.2 Å². The van der Waals surface area contributed by atoms with E-state index in [9.17, 15) is 4.79 Å². The molecule has 0 aliphatic heterocycles. The fourth-order valence-electron chi connectivity index (χ4n) is 2.24. The highest BCUT2D eigenvalue weighted by atomic mass is 32.2. The van der Waals surface area contributed by atoms with E-state index >= 15 is 0 Å². The third kappa shape index (κ3) is 5.33. The number of nitriles is 1. The van der Waals surface area contributed by atoms with Gasteiger partial charge < -0.3 is 14.5 Å². The predicted octanol–water partition coefficient (Wildman–Crippen LogP) is 3.27. The monoisotopic (exact) mass is 380 g/mol. The summed E-state index contributed by atoms with van der Waals surface area (Å²) in [7, 11) is 1.62. The van der Waals surface area contributed by atoms with Crippen LogP contribution in [0, 0.1) is 11.3 Å². The molecule has 1 aromatic heterocycles. The molecule has 2 aromatic carbocycles. The van der Waals surface area contributed by atoms with E-state index in [4.69, 9.17) is 14.4 Å². The van der Waals surface area contributed by atoms with Gasteiger partial charge in [0.2, 0.25) is 11.8 Å². The second-order valence-electron chi connectivity index (χ2n) is 5.51. The number of carbonyl (C=O) groups is 1. The predicted molar refractivity (Wildman–Crippen MR) is 101 cm³/mol. The number of hydrogen-bond donors (Lipinski definition) is 1. The lowest BCUT2D eigenvalue weighted by molar-refractivity contribution is -0.113. The molecule has 3 rings (SSSR count). The molecule has 3 aromatic rings. The van der Waals surface area contributed by atoms with Crippen molar-refractivity contribution < 1.29 is 13.9 Å². The Morgan fingerprint density at radius 2 is 1.93 bits per heavy atom. The topological polar surface area (TPSA) is 101 Å². The zero-order chi connectivity index (χ0) is 19.1. The summed E-state index contributed by atoms with van der Waals surface area (Å²) in [5.74, 6) is 1.22. The van der Waals surface area contributed by atoms with Gasteiger partial charge in [-0.05, 0) is 42.0 Å². The highest BCUT2D eigenvalue weighted by molar-refractivity contribution is 7.99. The van der Waals surface area contributed by atoms with E-state index in [1.54, 1.807) is 31.4 Å². The van der Waals surface area contributed by atoms with E-state index in [1.165, 1.54) is 11.8 Å². The summed E-state index contributed by atoms with van der Waals surface area (Å²) in [5.41, 5.74) is 2.19. The maximum absolute atomic E-state index is 12.0. The van der Waals surface area contributed by atoms with Crippen LogP contribution in [-0.4, -0.2) is 29.0 Å². The summed E-state index contributed by atoms with van der Waals surface area (Å²) < 4.78 is 10.7. The number of thioether (sulfide) groups is 1. The molecule has 0 atom stereocenters. The Morgan fingerprint density at radius 1 is 1.19 bits per heavy atom. The molecule has 1 heterocycles. The maximum atomic E-state index is 12.0. The molecule has 0 aliphatic rings. The molecule has 0 saturated heterocycles. The van der Waals surface area contributed by atoms with Crippen LogP contribution in [0.15, 0.2) is 58.2 Å². The number of carbonyl (C=O) groups excluding carboxylic acids is 1. The molecule has 0 radical (unpaired) electrons. The van der Waals surface area contributed by atoms with Crippen LogP contribution in [0.4, 0.5) is 5.69 Å². The summed E-state index contributed by atoms with van der Waals surface area (Å²) >= 11 is 1.17. The summed E-state index contributed by atoms with van der Waals surface area (Å²) in [5, 5.41) is 19.8. The molecule has 0 spiro atoms. The maximum Gasteiger partial charge on any atom is 0.277 e. The van der Waals surface area contributed by atoms with Crippen molar-refractivity contribution in [2.45, 2.75) is 11.6 Å². The second kappa shape index (κ2) is 8.87. The van der Waals surface area contributed by atoms with Gasteiger partial charge in [0.15, 0.2) is 0 Å². The minimum absolute atomic E-state index is 0.143. The first-order valence-electron chi connectivity index (χ1n) is 8.04. The highest BCUT2D eigenvalue weighted by Gasteiger charge is 2.11. The van der Waals surface area contributed by atoms with Crippen LogP contribution in [0.25, 0.3) is 0 Å². The average Bonchev–Trinajstić information content (AvgIpc) is 3.15. The molecule has 1 N–H and O–H groups in total. The quantitative estimate of drug-likeness (QED) is 0.628. The number of methoxy groups -OCH3 is 1. The van der Waals surface area contributed by atoms with Gasteiger partial charge >= 0.3 is 0 Å². The smallest absolute Gasteiger partial charge is 0.277 e. The van der Waals surface area contributed by atoms with E-state index in [-0.39, 0.29) is 11.7 Å². The van der Waals surface area contributed by atoms with E-state index in [1.807, 2.05) is 30.3 Å². The Kier molecular flexibility index (Phi) is 6.07. The summed E-state index contributed by atoms with van der Waals surface area (Å²) in [4.78, 5) is 12.0. The molecule has 7 nitrogen and oxygen atoms in total. The number of nitrogens with one attached hydrogen (secondary N) is 1. The molecular weight excluding hydrogens is 364 g/mol. The van der Waals surface area contributed by atoms with Crippen molar-refractivity contribution in [3.8, 4) is 11.8 Å². The lowest BCUT2D eigenvalue weighted by atomic mass is 10.1. The van der Waals surface area contributed by atoms with E-state index in [0.717, 1.165) is 11.3 Å². The molecule has 1 amide bonds. The van der Waals surface area contributed by atoms with Crippen molar-refractivity contribution in [1.29, 1.82) is 5.26 Å². The third-order valence-corrected chi connectivity index (χ3v) is 4.41. The van der Waals surface area contributed by atoms with Crippen LogP contribution >= 0.6 is 11.8 Å². The SMILES string of the molecule is COc1ccc(Cc2nnc(SCC(=O)Nc3ccc(C#N)cc3)o2)cc1. The van der Waals surface area contributed by atoms with Crippen LogP contribution < -0.4 is 10.1 Å². The minimum Gasteiger partial charge on any atom is -0.497 e. The molecule has 0 saturated carbocycles. The number of hydrogen-bond acceptors (Lipinski definition) is 7. The lowest BCUT2D eigenvalue weighted by Gasteiger charge is -2.03. The van der Waals surface area contributed by atoms with Crippen molar-refractivity contribution >= 4 is 23.4 Å². The standard InChI is InChI=1S/C19H16N4O3S/c1-25-16-8-4-13(5-9-16)10-18-22-23-19(26-18)27-12-17(24)21-15-6-2-14(11-20)3-7-15/h2-9H,10,12H2,1H3,(H,21,24). The van der Waals surface area contributed by atoms with Crippen LogP contribution in [0.2, 0.25) is 0 Å². The fourth-order valence-corrected chi connectivity index (χ4v) is 2.82. The zero-order valence-corrected chi connectivity index (χ0v) is 15.3. The number of ether oxygens (including phenoxy) is 1. The van der Waals surface area contributed by atoms with Gasteiger partial charge in [0.25, 0.3) is 5.22 Å². The van der Waals surface area contributed by atoms with Gasteiger partial charge in [-0.1, -0.05) is 23.9 Å². The molecule has 27 heavy (non-hydrogen) atoms. The Labute approximate surface area is 160 Å². The van der Waals surface area contributed by atoms with Crippen LogP contribution in [-0.2, 0) is 11.2 Å². The third-order valence-electron chi connectivity index (χ3n) is 3.59. The lowest BCUT2D eigenvalue weighted by Crippen LogP contribution is -2.13. The Bertz CT molecular complexity index is 946. The number of benzene rings is 2. The Balaban J connectivity index is 1.49. The number of amides is 1. The van der Waals surface area contributed by atoms with Crippen LogP contribution in [0.1, 0.15) is 17.0 Å². The van der Waals surface area contributed by atoms with E-state index in [0.29, 0.717) is 28.8 Å². The van der Waals surface area contributed by atoms with Gasteiger partial charge in [0.1, 0.15) is 5.75 Å². The fraction of sp³-hybridized carbons (Fsp3) is 0.158. The van der Waals surface area contributed by atoms with Gasteiger partial charge in [-0.2, -0.15) is 5.26 Å². The minimum atomic E-state index is -0.195. The molecule has 0 fully saturated rings. The Hall–Kier alpha value is -3.31. The van der Waals surface area contributed by atoms with Crippen molar-refractivity contribution in [2.24, 2.45) is 0 Å². The molecule has 136 valence electrons. The van der Waals surface area contributed by atoms with Crippen molar-refractivity contribution in [1.82, 2.24) is 10.2 Å². The van der Waals surface area contributed by atoms with E-state index in [2.05, 4.69) is 15.5 Å². The largest absolute Gasteiger partial charge is 0.497 e. The van der Waals surface area contributed by atoms with Gasteiger partial charge in [-0.25, -0.2) is 0 Å². The first kappa shape index (κ1) is 18.5. The summed E-state index contributed by atoms with van der Waals surface area (Å²) in [6.45, 7) is 0. The first-order chi connectivity index (χ1) is 13.2. The highest BCUT2D eigenvalue weighted by Crippen LogP contribution is 2.19. The molecule has 0 unspecified atom stereocenters. The number of rotatable bonds is 7.